The molecule has 1 saturated heterocycles. The lowest BCUT2D eigenvalue weighted by Gasteiger charge is -2.12. The Morgan fingerprint density at radius 2 is 2.07 bits per heavy atom. The first kappa shape index (κ1) is 17.7. The minimum atomic E-state index is -3.12. The molecule has 1 atom stereocenters. The summed E-state index contributed by atoms with van der Waals surface area (Å²) in [5.74, 6) is -0.607. The van der Waals surface area contributed by atoms with Gasteiger partial charge in [-0.15, -0.1) is 0 Å². The Morgan fingerprint density at radius 1 is 1.30 bits per heavy atom. The molecule has 1 fully saturated rings. The number of hydrogen-bond acceptors (Lipinski definition) is 6. The average molecular weight is 385 g/mol. The lowest BCUT2D eigenvalue weighted by atomic mass is 10.1. The van der Waals surface area contributed by atoms with Crippen LogP contribution >= 0.6 is 0 Å². The molecular formula is C19H19N3O4S. The third-order valence-electron chi connectivity index (χ3n) is 4.66. The monoisotopic (exact) mass is 385 g/mol. The summed E-state index contributed by atoms with van der Waals surface area (Å²) in [6.45, 7) is 2.56. The highest BCUT2D eigenvalue weighted by Gasteiger charge is 2.31. The van der Waals surface area contributed by atoms with Gasteiger partial charge >= 0.3 is 5.97 Å². The molecule has 1 aromatic carbocycles. The summed E-state index contributed by atoms with van der Waals surface area (Å²) in [6, 6.07) is 11.2. The topological polar surface area (TPSA) is 91.2 Å². The first-order valence-corrected chi connectivity index (χ1v) is 10.6. The second kappa shape index (κ2) is 6.77. The van der Waals surface area contributed by atoms with Crippen molar-refractivity contribution < 1.29 is 17.9 Å². The van der Waals surface area contributed by atoms with Gasteiger partial charge in [-0.2, -0.15) is 5.10 Å². The quantitative estimate of drug-likeness (QED) is 0.641. The molecule has 0 bridgehead atoms. The highest BCUT2D eigenvalue weighted by Crippen LogP contribution is 2.26. The smallest absolute Gasteiger partial charge is 0.339 e. The van der Waals surface area contributed by atoms with E-state index in [1.54, 1.807) is 16.9 Å². The molecule has 0 saturated carbocycles. The van der Waals surface area contributed by atoms with Gasteiger partial charge in [-0.25, -0.2) is 22.9 Å². The van der Waals surface area contributed by atoms with Gasteiger partial charge < -0.3 is 4.74 Å². The average Bonchev–Trinajstić information content (AvgIpc) is 3.23. The zero-order valence-electron chi connectivity index (χ0n) is 14.8. The number of carbonyl (C=O) groups excluding carboxylic acids is 1. The molecule has 1 aliphatic heterocycles. The Bertz CT molecular complexity index is 1110. The molecule has 4 rings (SSSR count). The molecule has 3 aromatic rings. The van der Waals surface area contributed by atoms with E-state index in [2.05, 4.69) is 10.1 Å². The van der Waals surface area contributed by atoms with Gasteiger partial charge in [-0.05, 0) is 19.4 Å². The number of pyridine rings is 1. The van der Waals surface area contributed by atoms with Gasteiger partial charge in [0.25, 0.3) is 0 Å². The van der Waals surface area contributed by atoms with Crippen molar-refractivity contribution in [1.82, 2.24) is 14.8 Å². The predicted octanol–water partition coefficient (Wildman–Crippen LogP) is 2.46. The Labute approximate surface area is 156 Å². The van der Waals surface area contributed by atoms with Gasteiger partial charge in [-0.1, -0.05) is 30.3 Å². The molecule has 7 nitrogen and oxygen atoms in total. The summed E-state index contributed by atoms with van der Waals surface area (Å²) >= 11 is 0. The lowest BCUT2D eigenvalue weighted by molar-refractivity contribution is 0.0358. The van der Waals surface area contributed by atoms with Crippen LogP contribution < -0.4 is 0 Å². The first-order valence-electron chi connectivity index (χ1n) is 8.80. The second-order valence-corrected chi connectivity index (χ2v) is 8.78. The number of aryl methyl sites for hydroxylation is 1. The van der Waals surface area contributed by atoms with Crippen molar-refractivity contribution in [1.29, 1.82) is 0 Å². The van der Waals surface area contributed by atoms with Gasteiger partial charge in [-0.3, -0.25) is 0 Å². The van der Waals surface area contributed by atoms with E-state index in [4.69, 9.17) is 4.74 Å². The summed E-state index contributed by atoms with van der Waals surface area (Å²) in [7, 11) is -3.12. The summed E-state index contributed by atoms with van der Waals surface area (Å²) < 4.78 is 30.5. The number of hydrogen-bond donors (Lipinski definition) is 0. The van der Waals surface area contributed by atoms with E-state index in [9.17, 15) is 13.2 Å². The molecule has 0 spiro atoms. The molecule has 0 N–H and O–H groups in total. The molecule has 1 aliphatic rings. The Kier molecular flexibility index (Phi) is 4.43. The van der Waals surface area contributed by atoms with Crippen LogP contribution in [-0.2, 0) is 21.1 Å². The highest BCUT2D eigenvalue weighted by molar-refractivity contribution is 7.91. The molecule has 140 valence electrons. The number of carbonyl (C=O) groups is 1. The van der Waals surface area contributed by atoms with Crippen molar-refractivity contribution >= 4 is 26.8 Å². The Morgan fingerprint density at radius 3 is 2.74 bits per heavy atom. The minimum absolute atomic E-state index is 0.0553. The number of rotatable bonds is 4. The number of benzene rings is 1. The number of sulfone groups is 1. The fourth-order valence-electron chi connectivity index (χ4n) is 3.27. The van der Waals surface area contributed by atoms with Crippen LogP contribution in [0.25, 0.3) is 22.3 Å². The van der Waals surface area contributed by atoms with Crippen LogP contribution in [0.2, 0.25) is 0 Å². The highest BCUT2D eigenvalue weighted by atomic mass is 32.2. The van der Waals surface area contributed by atoms with E-state index < -0.39 is 21.9 Å². The van der Waals surface area contributed by atoms with Crippen LogP contribution in [0.1, 0.15) is 23.7 Å². The Balaban J connectivity index is 1.76. The zero-order valence-corrected chi connectivity index (χ0v) is 15.6. The first-order chi connectivity index (χ1) is 13.0. The Hall–Kier alpha value is -2.74. The molecule has 2 aromatic heterocycles. The van der Waals surface area contributed by atoms with Crippen LogP contribution in [0.5, 0.6) is 0 Å². The van der Waals surface area contributed by atoms with Gasteiger partial charge in [0.15, 0.2) is 15.5 Å². The van der Waals surface area contributed by atoms with E-state index in [1.165, 1.54) is 0 Å². The molecule has 0 aliphatic carbocycles. The minimum Gasteiger partial charge on any atom is -0.458 e. The van der Waals surface area contributed by atoms with Crippen molar-refractivity contribution in [3.05, 3.63) is 48.2 Å². The number of fused-ring (bicyclic) bond motifs is 1. The molecule has 8 heteroatoms. The van der Waals surface area contributed by atoms with Gasteiger partial charge in [0, 0.05) is 12.1 Å². The molecule has 0 amide bonds. The molecule has 3 heterocycles. The summed E-state index contributed by atoms with van der Waals surface area (Å²) in [4.78, 5) is 17.5. The maximum Gasteiger partial charge on any atom is 0.339 e. The van der Waals surface area contributed by atoms with Crippen LogP contribution in [0.3, 0.4) is 0 Å². The van der Waals surface area contributed by atoms with E-state index >= 15 is 0 Å². The van der Waals surface area contributed by atoms with Crippen LogP contribution in [0, 0.1) is 0 Å². The number of aromatic nitrogens is 3. The van der Waals surface area contributed by atoms with Crippen LogP contribution in [0.4, 0.5) is 0 Å². The van der Waals surface area contributed by atoms with Crippen LogP contribution in [0.15, 0.2) is 42.6 Å². The molecule has 27 heavy (non-hydrogen) atoms. The van der Waals surface area contributed by atoms with Gasteiger partial charge in [0.2, 0.25) is 0 Å². The molecule has 0 unspecified atom stereocenters. The fourth-order valence-corrected chi connectivity index (χ4v) is 4.86. The maximum atomic E-state index is 12.8. The van der Waals surface area contributed by atoms with Gasteiger partial charge in [0.05, 0.1) is 34.3 Å². The second-order valence-electron chi connectivity index (χ2n) is 6.55. The summed E-state index contributed by atoms with van der Waals surface area (Å²) in [5.41, 5.74) is 2.47. The van der Waals surface area contributed by atoms with E-state index in [0.717, 1.165) is 5.56 Å². The number of nitrogens with zero attached hydrogens (tertiary/aromatic N) is 3. The van der Waals surface area contributed by atoms with Crippen molar-refractivity contribution in [2.45, 2.75) is 26.0 Å². The largest absolute Gasteiger partial charge is 0.458 e. The predicted molar refractivity (Wildman–Crippen MR) is 101 cm³/mol. The fraction of sp³-hybridized carbons (Fsp3) is 0.316. The molecule has 0 radical (unpaired) electrons. The standard InChI is InChI=1S/C19H19N3O4S/c1-2-22-18-16(11-20-22)15(10-17(21-18)13-6-4-3-5-7-13)19(23)26-14-8-9-27(24,25)12-14/h3-7,10-11,14H,2,8-9,12H2,1H3/t14-/m0/s1. The van der Waals surface area contributed by atoms with Crippen molar-refractivity contribution in [3.8, 4) is 11.3 Å². The third kappa shape index (κ3) is 3.44. The molecular weight excluding hydrogens is 366 g/mol. The van der Waals surface area contributed by atoms with Crippen molar-refractivity contribution in [3.63, 3.8) is 0 Å². The normalized spacial score (nSPS) is 18.6. The third-order valence-corrected chi connectivity index (χ3v) is 6.40. The van der Waals surface area contributed by atoms with E-state index in [-0.39, 0.29) is 11.5 Å². The zero-order chi connectivity index (χ0) is 19.0. The summed E-state index contributed by atoms with van der Waals surface area (Å²) in [5, 5.41) is 4.90. The van der Waals surface area contributed by atoms with Crippen LogP contribution in [-0.4, -0.2) is 46.8 Å². The van der Waals surface area contributed by atoms with Gasteiger partial charge in [0.1, 0.15) is 6.10 Å². The lowest BCUT2D eigenvalue weighted by Crippen LogP contribution is -2.19. The summed E-state index contributed by atoms with van der Waals surface area (Å²) in [6.07, 6.45) is 1.33. The SMILES string of the molecule is CCn1ncc2c(C(=O)O[C@H]3CCS(=O)(=O)C3)cc(-c3ccccc3)nc21. The maximum absolute atomic E-state index is 12.8. The van der Waals surface area contributed by atoms with E-state index in [1.807, 2.05) is 37.3 Å². The number of esters is 1. The number of ether oxygens (including phenoxy) is 1. The van der Waals surface area contributed by atoms with E-state index in [0.29, 0.717) is 35.3 Å². The van der Waals surface area contributed by atoms with Crippen molar-refractivity contribution in [2.24, 2.45) is 0 Å². The van der Waals surface area contributed by atoms with Crippen molar-refractivity contribution in [2.75, 3.05) is 11.5 Å².